The average molecular weight is 259 g/mol. The Morgan fingerprint density at radius 2 is 2.11 bits per heavy atom. The average Bonchev–Trinajstić information content (AvgIpc) is 2.83. The lowest BCUT2D eigenvalue weighted by molar-refractivity contribution is 0.512. The molecular weight excluding hydrogens is 238 g/mol. The van der Waals surface area contributed by atoms with E-state index in [2.05, 4.69) is 54.7 Å². The molecule has 1 aromatic carbocycles. The van der Waals surface area contributed by atoms with Crippen LogP contribution in [0.3, 0.4) is 0 Å². The molecule has 5 nitrogen and oxygen atoms in total. The van der Waals surface area contributed by atoms with Gasteiger partial charge in [-0.25, -0.2) is 10.1 Å². The van der Waals surface area contributed by atoms with E-state index in [0.29, 0.717) is 0 Å². The molecule has 0 aliphatic heterocycles. The fourth-order valence-corrected chi connectivity index (χ4v) is 2.17. The van der Waals surface area contributed by atoms with Gasteiger partial charge in [0, 0.05) is 6.54 Å². The number of nitrogens with two attached hydrogens (primary N) is 1. The van der Waals surface area contributed by atoms with Crippen molar-refractivity contribution in [3.63, 3.8) is 0 Å². The van der Waals surface area contributed by atoms with Crippen LogP contribution >= 0.6 is 0 Å². The molecule has 1 unspecified atom stereocenters. The molecule has 1 atom stereocenters. The second-order valence-electron chi connectivity index (χ2n) is 4.83. The van der Waals surface area contributed by atoms with Gasteiger partial charge in [-0.05, 0) is 37.0 Å². The predicted molar refractivity (Wildman–Crippen MR) is 75.4 cm³/mol. The Kier molecular flexibility index (Phi) is 4.29. The van der Waals surface area contributed by atoms with Gasteiger partial charge in [-0.1, -0.05) is 30.3 Å². The minimum atomic E-state index is -0.0825. The Balaban J connectivity index is 2.38. The van der Waals surface area contributed by atoms with Gasteiger partial charge in [0.15, 0.2) is 0 Å². The van der Waals surface area contributed by atoms with Crippen molar-refractivity contribution >= 4 is 0 Å². The van der Waals surface area contributed by atoms with Gasteiger partial charge >= 0.3 is 0 Å². The van der Waals surface area contributed by atoms with E-state index >= 15 is 0 Å². The lowest BCUT2D eigenvalue weighted by atomic mass is 9.99. The third kappa shape index (κ3) is 2.83. The first-order valence-corrected chi connectivity index (χ1v) is 6.59. The standard InChI is InChI=1S/C14H21N5/c1-4-7-19-13(9-16-18-19)14(17-15)12-6-5-10(2)11(3)8-12/h5-6,8-9,14,17H,4,7,15H2,1-3H3. The summed E-state index contributed by atoms with van der Waals surface area (Å²) in [7, 11) is 0. The van der Waals surface area contributed by atoms with Gasteiger partial charge in [0.2, 0.25) is 0 Å². The van der Waals surface area contributed by atoms with Crippen LogP contribution in [0.5, 0.6) is 0 Å². The van der Waals surface area contributed by atoms with Crippen LogP contribution in [0.4, 0.5) is 0 Å². The highest BCUT2D eigenvalue weighted by atomic mass is 15.4. The molecule has 3 N–H and O–H groups in total. The van der Waals surface area contributed by atoms with Crippen LogP contribution in [0.1, 0.15) is 41.8 Å². The van der Waals surface area contributed by atoms with Crippen molar-refractivity contribution in [3.8, 4) is 0 Å². The number of aromatic nitrogens is 3. The first kappa shape index (κ1) is 13.7. The van der Waals surface area contributed by atoms with Crippen LogP contribution in [-0.4, -0.2) is 15.0 Å². The van der Waals surface area contributed by atoms with E-state index in [9.17, 15) is 0 Å². The monoisotopic (exact) mass is 259 g/mol. The van der Waals surface area contributed by atoms with E-state index in [0.717, 1.165) is 24.2 Å². The van der Waals surface area contributed by atoms with Crippen molar-refractivity contribution in [1.29, 1.82) is 0 Å². The molecule has 0 saturated heterocycles. The molecular formula is C14H21N5. The molecule has 0 radical (unpaired) electrons. The minimum Gasteiger partial charge on any atom is -0.271 e. The Hall–Kier alpha value is -1.72. The van der Waals surface area contributed by atoms with Crippen molar-refractivity contribution in [2.75, 3.05) is 0 Å². The van der Waals surface area contributed by atoms with Gasteiger partial charge in [-0.2, -0.15) is 0 Å². The van der Waals surface area contributed by atoms with Crippen LogP contribution in [0.15, 0.2) is 24.4 Å². The summed E-state index contributed by atoms with van der Waals surface area (Å²) in [5, 5.41) is 8.10. The minimum absolute atomic E-state index is 0.0825. The number of hydrogen-bond acceptors (Lipinski definition) is 4. The van der Waals surface area contributed by atoms with Crippen LogP contribution < -0.4 is 11.3 Å². The second kappa shape index (κ2) is 5.95. The van der Waals surface area contributed by atoms with Gasteiger partial charge in [0.05, 0.1) is 17.9 Å². The molecule has 2 aromatic rings. The number of hydrogen-bond donors (Lipinski definition) is 2. The third-order valence-electron chi connectivity index (χ3n) is 3.41. The highest BCUT2D eigenvalue weighted by Gasteiger charge is 2.18. The van der Waals surface area contributed by atoms with E-state index in [1.54, 1.807) is 6.20 Å². The van der Waals surface area contributed by atoms with Crippen LogP contribution in [0, 0.1) is 13.8 Å². The Labute approximate surface area is 113 Å². The van der Waals surface area contributed by atoms with E-state index in [-0.39, 0.29) is 6.04 Å². The lowest BCUT2D eigenvalue weighted by Gasteiger charge is -2.18. The largest absolute Gasteiger partial charge is 0.271 e. The molecule has 0 spiro atoms. The molecule has 2 rings (SSSR count). The molecule has 5 heteroatoms. The highest BCUT2D eigenvalue weighted by Crippen LogP contribution is 2.22. The van der Waals surface area contributed by atoms with Gasteiger partial charge in [-0.3, -0.25) is 5.84 Å². The van der Waals surface area contributed by atoms with Crippen LogP contribution in [0.2, 0.25) is 0 Å². The molecule has 1 heterocycles. The van der Waals surface area contributed by atoms with Crippen LogP contribution in [0.25, 0.3) is 0 Å². The van der Waals surface area contributed by atoms with Crippen molar-refractivity contribution < 1.29 is 0 Å². The number of hydrazine groups is 1. The van der Waals surface area contributed by atoms with E-state index in [4.69, 9.17) is 5.84 Å². The summed E-state index contributed by atoms with van der Waals surface area (Å²) < 4.78 is 1.90. The number of nitrogens with zero attached hydrogens (tertiary/aromatic N) is 3. The van der Waals surface area contributed by atoms with Gasteiger partial charge in [0.25, 0.3) is 0 Å². The Morgan fingerprint density at radius 3 is 2.74 bits per heavy atom. The number of rotatable bonds is 5. The summed E-state index contributed by atoms with van der Waals surface area (Å²) in [6.45, 7) is 7.17. The number of benzene rings is 1. The summed E-state index contributed by atoms with van der Waals surface area (Å²) in [5.74, 6) is 5.73. The maximum absolute atomic E-state index is 5.73. The van der Waals surface area contributed by atoms with Crippen molar-refractivity contribution in [3.05, 3.63) is 46.8 Å². The zero-order chi connectivity index (χ0) is 13.8. The first-order chi connectivity index (χ1) is 9.17. The van der Waals surface area contributed by atoms with E-state index in [1.165, 1.54) is 11.1 Å². The Morgan fingerprint density at radius 1 is 1.32 bits per heavy atom. The summed E-state index contributed by atoms with van der Waals surface area (Å²) in [6.07, 6.45) is 2.79. The zero-order valence-electron chi connectivity index (χ0n) is 11.7. The lowest BCUT2D eigenvalue weighted by Crippen LogP contribution is -2.30. The number of aryl methyl sites for hydroxylation is 3. The van der Waals surface area contributed by atoms with Gasteiger partial charge in [-0.15, -0.1) is 5.10 Å². The van der Waals surface area contributed by atoms with E-state index < -0.39 is 0 Å². The second-order valence-corrected chi connectivity index (χ2v) is 4.83. The summed E-state index contributed by atoms with van der Waals surface area (Å²) >= 11 is 0. The molecule has 0 fully saturated rings. The fraction of sp³-hybridized carbons (Fsp3) is 0.429. The first-order valence-electron chi connectivity index (χ1n) is 6.59. The predicted octanol–water partition coefficient (Wildman–Crippen LogP) is 1.86. The molecule has 0 aliphatic rings. The van der Waals surface area contributed by atoms with Crippen molar-refractivity contribution in [2.24, 2.45) is 5.84 Å². The smallest absolute Gasteiger partial charge is 0.0894 e. The van der Waals surface area contributed by atoms with Gasteiger partial charge < -0.3 is 0 Å². The molecule has 19 heavy (non-hydrogen) atoms. The normalized spacial score (nSPS) is 12.6. The van der Waals surface area contributed by atoms with E-state index in [1.807, 2.05) is 4.68 Å². The zero-order valence-corrected chi connectivity index (χ0v) is 11.7. The summed E-state index contributed by atoms with van der Waals surface area (Å²) in [4.78, 5) is 0. The van der Waals surface area contributed by atoms with Crippen LogP contribution in [-0.2, 0) is 6.54 Å². The molecule has 1 aromatic heterocycles. The summed E-state index contributed by atoms with van der Waals surface area (Å²) in [6, 6.07) is 6.28. The maximum atomic E-state index is 5.73. The van der Waals surface area contributed by atoms with Gasteiger partial charge in [0.1, 0.15) is 0 Å². The topological polar surface area (TPSA) is 68.8 Å². The quantitative estimate of drug-likeness (QED) is 0.635. The molecule has 0 amide bonds. The summed E-state index contributed by atoms with van der Waals surface area (Å²) in [5.41, 5.74) is 7.52. The highest BCUT2D eigenvalue weighted by molar-refractivity contribution is 5.34. The van der Waals surface area contributed by atoms with Crippen molar-refractivity contribution in [1.82, 2.24) is 20.4 Å². The van der Waals surface area contributed by atoms with Crippen molar-refractivity contribution in [2.45, 2.75) is 39.8 Å². The molecule has 0 aliphatic carbocycles. The maximum Gasteiger partial charge on any atom is 0.0894 e. The molecule has 0 saturated carbocycles. The third-order valence-corrected chi connectivity index (χ3v) is 3.41. The fourth-order valence-electron chi connectivity index (χ4n) is 2.17. The molecule has 102 valence electrons. The number of nitrogens with one attached hydrogen (secondary N) is 1. The SMILES string of the molecule is CCCn1nncc1C(NN)c1ccc(C)c(C)c1. The molecule has 0 bridgehead atoms. The Bertz CT molecular complexity index is 547.